The lowest BCUT2D eigenvalue weighted by Crippen LogP contribution is -1.76. The summed E-state index contributed by atoms with van der Waals surface area (Å²) in [5.41, 5.74) is 3.58. The Bertz CT molecular complexity index is 259. The van der Waals surface area contributed by atoms with E-state index in [0.717, 1.165) is 11.1 Å². The van der Waals surface area contributed by atoms with Gasteiger partial charge in [0.05, 0.1) is 0 Å². The highest BCUT2D eigenvalue weighted by Crippen LogP contribution is 2.14. The Labute approximate surface area is 71.8 Å². The number of hydrogen-bond donors (Lipinski definition) is 0. The number of halogens is 1. The molecular weight excluding hydrogens is 156 g/mol. The van der Waals surface area contributed by atoms with Crippen molar-refractivity contribution in [1.82, 2.24) is 0 Å². The molecule has 0 fully saturated rings. The van der Waals surface area contributed by atoms with Gasteiger partial charge in [-0.05, 0) is 11.1 Å². The van der Waals surface area contributed by atoms with E-state index in [2.05, 4.69) is 6.58 Å². The van der Waals surface area contributed by atoms with E-state index in [1.165, 1.54) is 5.54 Å². The van der Waals surface area contributed by atoms with Crippen molar-refractivity contribution < 1.29 is 0 Å². The quantitative estimate of drug-likeness (QED) is 0.588. The van der Waals surface area contributed by atoms with E-state index in [1.807, 2.05) is 30.3 Å². The van der Waals surface area contributed by atoms with Crippen molar-refractivity contribution in [2.75, 3.05) is 0 Å². The monoisotopic (exact) mass is 164 g/mol. The maximum absolute atomic E-state index is 5.57. The third kappa shape index (κ3) is 1.95. The fourth-order valence-electron chi connectivity index (χ4n) is 0.856. The molecule has 0 amide bonds. The zero-order valence-electron chi connectivity index (χ0n) is 6.13. The first kappa shape index (κ1) is 8.09. The SMILES string of the molecule is C=CC(=CCl)c1ccccc1. The van der Waals surface area contributed by atoms with E-state index in [0.29, 0.717) is 0 Å². The average Bonchev–Trinajstić information content (AvgIpc) is 2.09. The molecule has 1 rings (SSSR count). The van der Waals surface area contributed by atoms with Crippen molar-refractivity contribution in [1.29, 1.82) is 0 Å². The third-order valence-electron chi connectivity index (χ3n) is 1.44. The van der Waals surface area contributed by atoms with Gasteiger partial charge in [0.15, 0.2) is 0 Å². The molecule has 1 heteroatoms. The van der Waals surface area contributed by atoms with E-state index in [1.54, 1.807) is 6.08 Å². The molecule has 11 heavy (non-hydrogen) atoms. The van der Waals surface area contributed by atoms with Gasteiger partial charge in [-0.2, -0.15) is 0 Å². The van der Waals surface area contributed by atoms with Gasteiger partial charge in [0.2, 0.25) is 0 Å². The first-order valence-electron chi connectivity index (χ1n) is 3.36. The summed E-state index contributed by atoms with van der Waals surface area (Å²) < 4.78 is 0. The Morgan fingerprint density at radius 1 is 1.27 bits per heavy atom. The largest absolute Gasteiger partial charge is 0.0984 e. The Hall–Kier alpha value is -1.01. The molecule has 1 aromatic rings. The second-order valence-electron chi connectivity index (χ2n) is 2.13. The molecule has 0 spiro atoms. The molecule has 0 aliphatic carbocycles. The molecule has 0 bridgehead atoms. The van der Waals surface area contributed by atoms with Crippen LogP contribution >= 0.6 is 11.6 Å². The van der Waals surface area contributed by atoms with E-state index in [9.17, 15) is 0 Å². The Balaban J connectivity index is 3.01. The van der Waals surface area contributed by atoms with Crippen LogP contribution in [0.4, 0.5) is 0 Å². The van der Waals surface area contributed by atoms with Gasteiger partial charge in [-0.3, -0.25) is 0 Å². The van der Waals surface area contributed by atoms with Crippen molar-refractivity contribution >= 4 is 17.2 Å². The molecule has 0 aromatic heterocycles. The number of hydrogen-bond acceptors (Lipinski definition) is 0. The minimum Gasteiger partial charge on any atom is -0.0984 e. The number of rotatable bonds is 2. The van der Waals surface area contributed by atoms with Crippen LogP contribution in [0.15, 0.2) is 48.5 Å². The van der Waals surface area contributed by atoms with Crippen LogP contribution in [0.25, 0.3) is 5.57 Å². The predicted molar refractivity (Wildman–Crippen MR) is 50.5 cm³/mol. The normalized spacial score (nSPS) is 11.2. The molecule has 0 N–H and O–H groups in total. The summed E-state index contributed by atoms with van der Waals surface area (Å²) in [5.74, 6) is 0. The minimum atomic E-state index is 0.951. The Kier molecular flexibility index (Phi) is 2.94. The standard InChI is InChI=1S/C10H9Cl/c1-2-9(8-11)10-6-4-3-5-7-10/h2-8H,1H2. The zero-order valence-corrected chi connectivity index (χ0v) is 6.88. The highest BCUT2D eigenvalue weighted by Gasteiger charge is 1.92. The minimum absolute atomic E-state index is 0.951. The van der Waals surface area contributed by atoms with Crippen molar-refractivity contribution in [3.05, 3.63) is 54.1 Å². The lowest BCUT2D eigenvalue weighted by atomic mass is 10.1. The average molecular weight is 165 g/mol. The van der Waals surface area contributed by atoms with Crippen LogP contribution in [0.5, 0.6) is 0 Å². The van der Waals surface area contributed by atoms with Crippen molar-refractivity contribution in [3.63, 3.8) is 0 Å². The summed E-state index contributed by atoms with van der Waals surface area (Å²) in [4.78, 5) is 0. The van der Waals surface area contributed by atoms with E-state index >= 15 is 0 Å². The summed E-state index contributed by atoms with van der Waals surface area (Å²) >= 11 is 5.57. The molecule has 0 atom stereocenters. The number of allylic oxidation sites excluding steroid dienone is 2. The summed E-state index contributed by atoms with van der Waals surface area (Å²) in [6, 6.07) is 9.91. The van der Waals surface area contributed by atoms with Crippen molar-refractivity contribution in [3.8, 4) is 0 Å². The van der Waals surface area contributed by atoms with Gasteiger partial charge in [0.1, 0.15) is 0 Å². The second kappa shape index (κ2) is 3.99. The lowest BCUT2D eigenvalue weighted by molar-refractivity contribution is 1.63. The van der Waals surface area contributed by atoms with Gasteiger partial charge in [-0.25, -0.2) is 0 Å². The molecule has 56 valence electrons. The molecule has 0 unspecified atom stereocenters. The molecular formula is C10H9Cl. The maximum Gasteiger partial charge on any atom is 0.0121 e. The first-order chi connectivity index (χ1) is 5.38. The Morgan fingerprint density at radius 2 is 1.91 bits per heavy atom. The highest BCUT2D eigenvalue weighted by molar-refractivity contribution is 6.28. The van der Waals surface area contributed by atoms with Crippen LogP contribution in [0.2, 0.25) is 0 Å². The third-order valence-corrected chi connectivity index (χ3v) is 1.68. The Morgan fingerprint density at radius 3 is 2.36 bits per heavy atom. The van der Waals surface area contributed by atoms with Gasteiger partial charge in [-0.15, -0.1) is 0 Å². The van der Waals surface area contributed by atoms with Crippen LogP contribution < -0.4 is 0 Å². The molecule has 0 saturated carbocycles. The van der Waals surface area contributed by atoms with Crippen LogP contribution in [-0.2, 0) is 0 Å². The smallest absolute Gasteiger partial charge is 0.0121 e. The summed E-state index contributed by atoms with van der Waals surface area (Å²) in [6.45, 7) is 3.66. The van der Waals surface area contributed by atoms with E-state index < -0.39 is 0 Å². The molecule has 0 heterocycles. The molecule has 0 aliphatic heterocycles. The maximum atomic E-state index is 5.57. The predicted octanol–water partition coefficient (Wildman–Crippen LogP) is 3.45. The van der Waals surface area contributed by atoms with Gasteiger partial charge >= 0.3 is 0 Å². The van der Waals surface area contributed by atoms with Crippen LogP contribution in [-0.4, -0.2) is 0 Å². The first-order valence-corrected chi connectivity index (χ1v) is 3.80. The summed E-state index contributed by atoms with van der Waals surface area (Å²) in [7, 11) is 0. The van der Waals surface area contributed by atoms with Gasteiger partial charge in [0, 0.05) is 5.54 Å². The second-order valence-corrected chi connectivity index (χ2v) is 2.35. The molecule has 0 nitrogen and oxygen atoms in total. The number of benzene rings is 1. The van der Waals surface area contributed by atoms with Crippen molar-refractivity contribution in [2.45, 2.75) is 0 Å². The van der Waals surface area contributed by atoms with Crippen LogP contribution in [0.3, 0.4) is 0 Å². The highest BCUT2D eigenvalue weighted by atomic mass is 35.5. The summed E-state index contributed by atoms with van der Waals surface area (Å²) in [5, 5.41) is 0. The van der Waals surface area contributed by atoms with Crippen LogP contribution in [0, 0.1) is 0 Å². The van der Waals surface area contributed by atoms with Crippen molar-refractivity contribution in [2.24, 2.45) is 0 Å². The van der Waals surface area contributed by atoms with E-state index in [-0.39, 0.29) is 0 Å². The zero-order chi connectivity index (χ0) is 8.10. The molecule has 0 radical (unpaired) electrons. The summed E-state index contributed by atoms with van der Waals surface area (Å²) in [6.07, 6.45) is 1.74. The molecule has 1 aromatic carbocycles. The van der Waals surface area contributed by atoms with Gasteiger partial charge in [0.25, 0.3) is 0 Å². The fraction of sp³-hybridized carbons (Fsp3) is 0. The lowest BCUT2D eigenvalue weighted by Gasteiger charge is -1.97. The molecule has 0 saturated heterocycles. The van der Waals surface area contributed by atoms with Crippen LogP contribution in [0.1, 0.15) is 5.56 Å². The molecule has 0 aliphatic rings. The van der Waals surface area contributed by atoms with E-state index in [4.69, 9.17) is 11.6 Å². The fourth-order valence-corrected chi connectivity index (χ4v) is 1.07. The topological polar surface area (TPSA) is 0 Å². The van der Waals surface area contributed by atoms with Gasteiger partial charge in [-0.1, -0.05) is 54.6 Å². The van der Waals surface area contributed by atoms with Gasteiger partial charge < -0.3 is 0 Å².